The molecular weight excluding hydrogens is 373 g/mol. The maximum atomic E-state index is 13.6. The first-order valence-electron chi connectivity index (χ1n) is 7.75. The number of amides is 1. The first-order chi connectivity index (χ1) is 12.9. The van der Waals surface area contributed by atoms with Gasteiger partial charge < -0.3 is 4.74 Å². The number of aromatic nitrogens is 1. The van der Waals surface area contributed by atoms with E-state index in [0.29, 0.717) is 22.6 Å². The molecule has 0 aliphatic carbocycles. The summed E-state index contributed by atoms with van der Waals surface area (Å²) in [6, 6.07) is 8.55. The molecule has 7 nitrogen and oxygen atoms in total. The average molecular weight is 387 g/mol. The van der Waals surface area contributed by atoms with E-state index in [0.717, 1.165) is 11.3 Å². The average Bonchev–Trinajstić information content (AvgIpc) is 3.09. The van der Waals surface area contributed by atoms with Crippen LogP contribution >= 0.6 is 11.3 Å². The Bertz CT molecular complexity index is 1040. The van der Waals surface area contributed by atoms with Gasteiger partial charge in [0.2, 0.25) is 0 Å². The number of hydrogen-bond acceptors (Lipinski definition) is 6. The zero-order valence-electron chi connectivity index (χ0n) is 14.4. The number of thiazole rings is 1. The lowest BCUT2D eigenvalue weighted by Crippen LogP contribution is -2.14. The molecule has 0 bridgehead atoms. The molecule has 0 atom stereocenters. The number of nitro benzene ring substituents is 1. The topological polar surface area (TPSA) is 94.4 Å². The van der Waals surface area contributed by atoms with E-state index in [-0.39, 0.29) is 16.4 Å². The summed E-state index contributed by atoms with van der Waals surface area (Å²) in [4.78, 5) is 27.4. The van der Waals surface area contributed by atoms with Crippen molar-refractivity contribution in [3.63, 3.8) is 0 Å². The molecule has 3 rings (SSSR count). The normalized spacial score (nSPS) is 10.5. The Balaban J connectivity index is 1.89. The number of nitro groups is 1. The molecule has 3 aromatic rings. The molecule has 1 aromatic heterocycles. The van der Waals surface area contributed by atoms with Gasteiger partial charge in [-0.1, -0.05) is 12.1 Å². The summed E-state index contributed by atoms with van der Waals surface area (Å²) in [5.74, 6) is -0.647. The highest BCUT2D eigenvalue weighted by atomic mass is 32.1. The van der Waals surface area contributed by atoms with Gasteiger partial charge in [-0.2, -0.15) is 0 Å². The van der Waals surface area contributed by atoms with Crippen LogP contribution in [0, 0.1) is 22.9 Å². The van der Waals surface area contributed by atoms with Crippen LogP contribution in [0.5, 0.6) is 5.75 Å². The zero-order valence-corrected chi connectivity index (χ0v) is 15.2. The molecule has 138 valence electrons. The smallest absolute Gasteiger partial charge is 0.285 e. The monoisotopic (exact) mass is 387 g/mol. The molecule has 27 heavy (non-hydrogen) atoms. The fourth-order valence-corrected chi connectivity index (χ4v) is 3.29. The number of nitrogens with zero attached hydrogens (tertiary/aromatic N) is 2. The highest BCUT2D eigenvalue weighted by Crippen LogP contribution is 2.33. The molecule has 1 amide bonds. The fraction of sp³-hybridized carbons (Fsp3) is 0.111. The number of methoxy groups -OCH3 is 1. The number of rotatable bonds is 5. The van der Waals surface area contributed by atoms with Crippen molar-refractivity contribution in [2.24, 2.45) is 0 Å². The van der Waals surface area contributed by atoms with Crippen LogP contribution in [0.1, 0.15) is 15.9 Å². The maximum absolute atomic E-state index is 13.6. The first kappa shape index (κ1) is 18.5. The molecule has 0 saturated heterocycles. The number of aryl methyl sites for hydroxylation is 1. The number of benzene rings is 2. The third-order valence-electron chi connectivity index (χ3n) is 3.83. The van der Waals surface area contributed by atoms with Crippen molar-refractivity contribution >= 4 is 28.1 Å². The van der Waals surface area contributed by atoms with Crippen molar-refractivity contribution < 1.29 is 18.8 Å². The minimum absolute atomic E-state index is 0.0555. The number of anilines is 1. The van der Waals surface area contributed by atoms with E-state index in [2.05, 4.69) is 10.3 Å². The number of carbonyl (C=O) groups excluding carboxylic acids is 1. The molecule has 0 unspecified atom stereocenters. The Labute approximate surface area is 157 Å². The van der Waals surface area contributed by atoms with Gasteiger partial charge in [0.1, 0.15) is 17.1 Å². The van der Waals surface area contributed by atoms with Crippen molar-refractivity contribution in [2.45, 2.75) is 6.92 Å². The van der Waals surface area contributed by atoms with Crippen molar-refractivity contribution in [3.8, 4) is 17.0 Å². The van der Waals surface area contributed by atoms with Gasteiger partial charge in [-0.3, -0.25) is 20.2 Å². The van der Waals surface area contributed by atoms with E-state index in [9.17, 15) is 19.3 Å². The highest BCUT2D eigenvalue weighted by molar-refractivity contribution is 7.14. The Kier molecular flexibility index (Phi) is 5.13. The number of nitrogens with one attached hydrogen (secondary N) is 1. The van der Waals surface area contributed by atoms with Crippen LogP contribution in [0.3, 0.4) is 0 Å². The van der Waals surface area contributed by atoms with Crippen molar-refractivity contribution in [1.29, 1.82) is 0 Å². The molecule has 0 radical (unpaired) electrons. The van der Waals surface area contributed by atoms with Gasteiger partial charge in [0.25, 0.3) is 11.6 Å². The number of para-hydroxylation sites is 1. The summed E-state index contributed by atoms with van der Waals surface area (Å²) in [6.45, 7) is 1.56. The van der Waals surface area contributed by atoms with Crippen LogP contribution in [0.15, 0.2) is 41.8 Å². The maximum Gasteiger partial charge on any atom is 0.285 e. The van der Waals surface area contributed by atoms with Crippen LogP contribution in [0.2, 0.25) is 0 Å². The number of hydrogen-bond donors (Lipinski definition) is 1. The van der Waals surface area contributed by atoms with Crippen molar-refractivity contribution in [1.82, 2.24) is 4.98 Å². The van der Waals surface area contributed by atoms with Crippen LogP contribution < -0.4 is 10.1 Å². The van der Waals surface area contributed by atoms with E-state index in [1.807, 2.05) is 0 Å². The predicted molar refractivity (Wildman–Crippen MR) is 99.8 cm³/mol. The molecule has 2 aromatic carbocycles. The van der Waals surface area contributed by atoms with Crippen LogP contribution in [-0.4, -0.2) is 22.9 Å². The summed E-state index contributed by atoms with van der Waals surface area (Å²) in [5.41, 5.74) is 0.941. The summed E-state index contributed by atoms with van der Waals surface area (Å²) >= 11 is 1.12. The summed E-state index contributed by atoms with van der Waals surface area (Å²) in [5, 5.41) is 15.7. The molecule has 1 heterocycles. The van der Waals surface area contributed by atoms with Gasteiger partial charge in [0.05, 0.1) is 17.7 Å². The predicted octanol–water partition coefficient (Wildman–Crippen LogP) is 4.43. The van der Waals surface area contributed by atoms with E-state index in [1.165, 1.54) is 31.4 Å². The van der Waals surface area contributed by atoms with E-state index >= 15 is 0 Å². The van der Waals surface area contributed by atoms with E-state index < -0.39 is 16.6 Å². The second-order valence-corrected chi connectivity index (χ2v) is 6.42. The minimum atomic E-state index is -0.641. The third-order valence-corrected chi connectivity index (χ3v) is 4.58. The second kappa shape index (κ2) is 7.50. The Morgan fingerprint density at radius 1 is 1.33 bits per heavy atom. The van der Waals surface area contributed by atoms with Gasteiger partial charge in [-0.15, -0.1) is 11.3 Å². The largest absolute Gasteiger partial charge is 0.496 e. The van der Waals surface area contributed by atoms with Gasteiger partial charge in [-0.05, 0) is 31.2 Å². The number of ether oxygens (including phenoxy) is 1. The summed E-state index contributed by atoms with van der Waals surface area (Å²) < 4.78 is 18.8. The van der Waals surface area contributed by atoms with Crippen LogP contribution in [0.4, 0.5) is 15.2 Å². The van der Waals surface area contributed by atoms with Crippen LogP contribution in [-0.2, 0) is 0 Å². The zero-order chi connectivity index (χ0) is 19.6. The molecule has 0 saturated carbocycles. The summed E-state index contributed by atoms with van der Waals surface area (Å²) in [6.07, 6.45) is 0. The van der Waals surface area contributed by atoms with E-state index in [1.54, 1.807) is 24.4 Å². The lowest BCUT2D eigenvalue weighted by atomic mass is 10.1. The molecule has 0 fully saturated rings. The lowest BCUT2D eigenvalue weighted by molar-refractivity contribution is -0.385. The molecule has 0 spiro atoms. The Morgan fingerprint density at radius 3 is 2.81 bits per heavy atom. The van der Waals surface area contributed by atoms with Crippen LogP contribution in [0.25, 0.3) is 11.3 Å². The minimum Gasteiger partial charge on any atom is -0.496 e. The Morgan fingerprint density at radius 2 is 2.11 bits per heavy atom. The summed E-state index contributed by atoms with van der Waals surface area (Å²) in [7, 11) is 1.46. The fourth-order valence-electron chi connectivity index (χ4n) is 2.58. The van der Waals surface area contributed by atoms with Gasteiger partial charge in [-0.25, -0.2) is 9.37 Å². The molecular formula is C18H14FN3O4S. The van der Waals surface area contributed by atoms with Crippen molar-refractivity contribution in [2.75, 3.05) is 12.4 Å². The van der Waals surface area contributed by atoms with Gasteiger partial charge in [0, 0.05) is 16.5 Å². The molecule has 0 aliphatic rings. The third kappa shape index (κ3) is 3.77. The highest BCUT2D eigenvalue weighted by Gasteiger charge is 2.23. The first-order valence-corrected chi connectivity index (χ1v) is 8.63. The van der Waals surface area contributed by atoms with Gasteiger partial charge >= 0.3 is 0 Å². The molecule has 1 N–H and O–H groups in total. The van der Waals surface area contributed by atoms with E-state index in [4.69, 9.17) is 4.74 Å². The molecule has 0 aliphatic heterocycles. The Hall–Kier alpha value is -3.33. The number of halogens is 1. The lowest BCUT2D eigenvalue weighted by Gasteiger charge is -2.06. The van der Waals surface area contributed by atoms with Gasteiger partial charge in [0.15, 0.2) is 5.13 Å². The molecule has 9 heteroatoms. The second-order valence-electron chi connectivity index (χ2n) is 5.56. The standard InChI is InChI=1S/C18H14FN3O4S/c1-10-4-3-5-12(16(10)22(24)25)17(23)21-18-20-14(9-27-18)13-8-11(19)6-7-15(13)26-2/h3-9H,1-2H3,(H,20,21,23). The quantitative estimate of drug-likeness (QED) is 0.516. The van der Waals surface area contributed by atoms with Crippen molar-refractivity contribution in [3.05, 3.63) is 68.8 Å². The number of carbonyl (C=O) groups is 1. The SMILES string of the molecule is COc1ccc(F)cc1-c1csc(NC(=O)c2cccc(C)c2[N+](=O)[O-])n1.